The van der Waals surface area contributed by atoms with E-state index < -0.39 is 16.1 Å². The van der Waals surface area contributed by atoms with E-state index in [2.05, 4.69) is 10.2 Å². The molecule has 3 rings (SSSR count). The van der Waals surface area contributed by atoms with E-state index in [4.69, 9.17) is 0 Å². The molecule has 1 amide bonds. The molecule has 1 fully saturated rings. The molecular weight excluding hydrogens is 394 g/mol. The monoisotopic (exact) mass is 421 g/mol. The first kappa shape index (κ1) is 21.0. The van der Waals surface area contributed by atoms with E-state index in [0.29, 0.717) is 30.1 Å². The number of nitrogens with one attached hydrogen (secondary N) is 1. The third kappa shape index (κ3) is 4.63. The first-order valence-corrected chi connectivity index (χ1v) is 11.6. The van der Waals surface area contributed by atoms with Crippen LogP contribution in [-0.2, 0) is 27.9 Å². The maximum atomic E-state index is 13.0. The van der Waals surface area contributed by atoms with Gasteiger partial charge in [0.05, 0.1) is 0 Å². The van der Waals surface area contributed by atoms with Crippen molar-refractivity contribution < 1.29 is 13.2 Å². The minimum Gasteiger partial charge on any atom is -0.351 e. The lowest BCUT2D eigenvalue weighted by atomic mass is 10.1. The molecule has 1 aliphatic heterocycles. The Morgan fingerprint density at radius 1 is 1.21 bits per heavy atom. The van der Waals surface area contributed by atoms with Crippen molar-refractivity contribution in [3.8, 4) is 0 Å². The lowest BCUT2D eigenvalue weighted by Gasteiger charge is -2.23. The second kappa shape index (κ2) is 8.73. The molecule has 0 unspecified atom stereocenters. The summed E-state index contributed by atoms with van der Waals surface area (Å²) in [6.07, 6.45) is 1.24. The van der Waals surface area contributed by atoms with Crippen LogP contribution in [0.2, 0.25) is 0 Å². The highest BCUT2D eigenvalue weighted by molar-refractivity contribution is 7.91. The van der Waals surface area contributed by atoms with Crippen molar-refractivity contribution in [3.05, 3.63) is 52.4 Å². The van der Waals surface area contributed by atoms with Gasteiger partial charge in [-0.1, -0.05) is 24.3 Å². The van der Waals surface area contributed by atoms with Gasteiger partial charge in [0.25, 0.3) is 10.0 Å². The second-order valence-electron chi connectivity index (χ2n) is 7.36. The number of aryl methyl sites for hydroxylation is 1. The molecule has 1 N–H and O–H groups in total. The van der Waals surface area contributed by atoms with Crippen LogP contribution in [0.15, 0.2) is 40.6 Å². The van der Waals surface area contributed by atoms with Crippen LogP contribution >= 0.6 is 11.3 Å². The number of hydrogen-bond donors (Lipinski definition) is 1. The minimum absolute atomic E-state index is 0.228. The lowest BCUT2D eigenvalue weighted by molar-refractivity contribution is -0.124. The van der Waals surface area contributed by atoms with Gasteiger partial charge in [-0.05, 0) is 57.1 Å². The molecular formula is C20H27N3O3S2. The van der Waals surface area contributed by atoms with E-state index in [1.54, 1.807) is 12.1 Å². The SMILES string of the molecule is Cc1ccc(S(=O)(=O)N2CCC[C@H]2C(=O)NCc2ccccc2CN(C)C)s1. The minimum atomic E-state index is -3.63. The molecule has 1 atom stereocenters. The van der Waals surface area contributed by atoms with Crippen LogP contribution in [0, 0.1) is 6.92 Å². The molecule has 0 spiro atoms. The first-order valence-electron chi connectivity index (χ1n) is 9.36. The summed E-state index contributed by atoms with van der Waals surface area (Å²) in [7, 11) is 0.371. The van der Waals surface area contributed by atoms with Crippen molar-refractivity contribution in [1.29, 1.82) is 0 Å². The number of nitrogens with zero attached hydrogens (tertiary/aromatic N) is 2. The topological polar surface area (TPSA) is 69.7 Å². The fourth-order valence-electron chi connectivity index (χ4n) is 3.48. The Morgan fingerprint density at radius 2 is 1.93 bits per heavy atom. The largest absolute Gasteiger partial charge is 0.351 e. The predicted molar refractivity (Wildman–Crippen MR) is 112 cm³/mol. The molecule has 0 saturated carbocycles. The molecule has 152 valence electrons. The van der Waals surface area contributed by atoms with Crippen molar-refractivity contribution >= 4 is 27.3 Å². The van der Waals surface area contributed by atoms with Crippen molar-refractivity contribution in [2.24, 2.45) is 0 Å². The van der Waals surface area contributed by atoms with Crippen LogP contribution in [0.1, 0.15) is 28.8 Å². The molecule has 0 aliphatic carbocycles. The van der Waals surface area contributed by atoms with E-state index in [-0.39, 0.29) is 5.91 Å². The zero-order valence-corrected chi connectivity index (χ0v) is 18.1. The molecule has 2 heterocycles. The van der Waals surface area contributed by atoms with Gasteiger partial charge in [-0.15, -0.1) is 11.3 Å². The average Bonchev–Trinajstić information content (AvgIpc) is 3.30. The number of benzene rings is 1. The number of sulfonamides is 1. The number of amides is 1. The Hall–Kier alpha value is -1.74. The molecule has 28 heavy (non-hydrogen) atoms. The average molecular weight is 422 g/mol. The van der Waals surface area contributed by atoms with Gasteiger partial charge in [0.15, 0.2) is 0 Å². The van der Waals surface area contributed by atoms with Crippen LogP contribution in [0.5, 0.6) is 0 Å². The van der Waals surface area contributed by atoms with Crippen LogP contribution in [0.4, 0.5) is 0 Å². The van der Waals surface area contributed by atoms with Gasteiger partial charge in [-0.25, -0.2) is 8.42 Å². The summed E-state index contributed by atoms with van der Waals surface area (Å²) in [6.45, 7) is 3.44. The molecule has 1 aromatic heterocycles. The molecule has 2 aromatic rings. The number of thiophene rings is 1. The van der Waals surface area contributed by atoms with E-state index in [9.17, 15) is 13.2 Å². The molecule has 0 radical (unpaired) electrons. The van der Waals surface area contributed by atoms with Crippen molar-refractivity contribution in [2.75, 3.05) is 20.6 Å². The Morgan fingerprint density at radius 3 is 2.57 bits per heavy atom. The van der Waals surface area contributed by atoms with Crippen molar-refractivity contribution in [3.63, 3.8) is 0 Å². The van der Waals surface area contributed by atoms with Crippen molar-refractivity contribution in [2.45, 2.75) is 43.1 Å². The number of rotatable bonds is 7. The Bertz CT molecular complexity index is 938. The second-order valence-corrected chi connectivity index (χ2v) is 10.8. The van der Waals surface area contributed by atoms with Gasteiger partial charge in [0.1, 0.15) is 10.3 Å². The highest BCUT2D eigenvalue weighted by Crippen LogP contribution is 2.30. The third-order valence-corrected chi connectivity index (χ3v) is 8.22. The lowest BCUT2D eigenvalue weighted by Crippen LogP contribution is -2.45. The Kier molecular flexibility index (Phi) is 6.54. The molecule has 0 bridgehead atoms. The quantitative estimate of drug-likeness (QED) is 0.746. The summed E-state index contributed by atoms with van der Waals surface area (Å²) in [6, 6.07) is 10.8. The van der Waals surface area contributed by atoms with Crippen LogP contribution in [-0.4, -0.2) is 50.2 Å². The van der Waals surface area contributed by atoms with Crippen LogP contribution in [0.3, 0.4) is 0 Å². The third-order valence-electron chi connectivity index (χ3n) is 4.84. The first-order chi connectivity index (χ1) is 13.3. The summed E-state index contributed by atoms with van der Waals surface area (Å²) in [4.78, 5) is 15.8. The Balaban J connectivity index is 1.71. The van der Waals surface area contributed by atoms with Gasteiger partial charge in [0.2, 0.25) is 5.91 Å². The van der Waals surface area contributed by atoms with E-state index in [0.717, 1.165) is 22.5 Å². The maximum absolute atomic E-state index is 13.0. The number of carbonyl (C=O) groups excluding carboxylic acids is 1. The standard InChI is InChI=1S/C20H27N3O3S2/c1-15-10-11-19(27-15)28(25,26)23-12-6-9-18(23)20(24)21-13-16-7-4-5-8-17(16)14-22(2)3/h4-5,7-8,10-11,18H,6,9,12-14H2,1-3H3,(H,21,24)/t18-/m0/s1. The van der Waals surface area contributed by atoms with Gasteiger partial charge < -0.3 is 10.2 Å². The van der Waals surface area contributed by atoms with Crippen LogP contribution in [0.25, 0.3) is 0 Å². The summed E-state index contributed by atoms with van der Waals surface area (Å²) < 4.78 is 27.6. The zero-order chi connectivity index (χ0) is 20.3. The van der Waals surface area contributed by atoms with Gasteiger partial charge in [0, 0.05) is 24.5 Å². The number of hydrogen-bond acceptors (Lipinski definition) is 5. The van der Waals surface area contributed by atoms with Crippen LogP contribution < -0.4 is 5.32 Å². The maximum Gasteiger partial charge on any atom is 0.253 e. The van der Waals surface area contributed by atoms with E-state index in [1.807, 2.05) is 45.3 Å². The van der Waals surface area contributed by atoms with Crippen molar-refractivity contribution in [1.82, 2.24) is 14.5 Å². The fourth-order valence-corrected chi connectivity index (χ4v) is 6.55. The normalized spacial score (nSPS) is 17.9. The molecule has 1 aliphatic rings. The molecule has 1 saturated heterocycles. The summed E-state index contributed by atoms with van der Waals surface area (Å²) in [5.41, 5.74) is 2.20. The van der Waals surface area contributed by atoms with Gasteiger partial charge >= 0.3 is 0 Å². The smallest absolute Gasteiger partial charge is 0.253 e. The molecule has 6 nitrogen and oxygen atoms in total. The van der Waals surface area contributed by atoms with E-state index >= 15 is 0 Å². The summed E-state index contributed by atoms with van der Waals surface area (Å²) in [5.74, 6) is -0.228. The summed E-state index contributed by atoms with van der Waals surface area (Å²) >= 11 is 1.25. The predicted octanol–water partition coefficient (Wildman–Crippen LogP) is 2.59. The van der Waals surface area contributed by atoms with Gasteiger partial charge in [-0.3, -0.25) is 4.79 Å². The van der Waals surface area contributed by atoms with E-state index in [1.165, 1.54) is 15.6 Å². The fraction of sp³-hybridized carbons (Fsp3) is 0.450. The highest BCUT2D eigenvalue weighted by atomic mass is 32.2. The zero-order valence-electron chi connectivity index (χ0n) is 16.5. The Labute approximate surface area is 171 Å². The van der Waals surface area contributed by atoms with Gasteiger partial charge in [-0.2, -0.15) is 4.31 Å². The molecule has 8 heteroatoms. The number of carbonyl (C=O) groups is 1. The highest BCUT2D eigenvalue weighted by Gasteiger charge is 2.39. The summed E-state index contributed by atoms with van der Waals surface area (Å²) in [5, 5.41) is 2.95. The molecule has 1 aromatic carbocycles.